The van der Waals surface area contributed by atoms with Crippen molar-refractivity contribution in [1.82, 2.24) is 5.32 Å². The molecule has 0 aliphatic carbocycles. The molecule has 39 heavy (non-hydrogen) atoms. The highest BCUT2D eigenvalue weighted by atomic mass is 16.1. The van der Waals surface area contributed by atoms with Crippen LogP contribution < -0.4 is 11.1 Å². The number of primary amides is 1. The molecule has 1 atom stereocenters. The molecule has 0 aromatic carbocycles. The molecule has 3 heteroatoms. The molecule has 0 aromatic heterocycles. The second-order valence-corrected chi connectivity index (χ2v) is 12.7. The van der Waals surface area contributed by atoms with Crippen molar-refractivity contribution in [3.63, 3.8) is 0 Å². The topological polar surface area (TPSA) is 55.1 Å². The van der Waals surface area contributed by atoms with Gasteiger partial charge in [0.1, 0.15) is 0 Å². The van der Waals surface area contributed by atoms with Crippen molar-refractivity contribution in [3.05, 3.63) is 0 Å². The predicted molar refractivity (Wildman–Crippen MR) is 175 cm³/mol. The Morgan fingerprint density at radius 1 is 0.462 bits per heavy atom. The standard InChI is InChI=1S/C36H74N2O/c1-4-7-9-11-13-15-17-19-20-21-22-24-26-28-30-32-34-38-36(6-3,35(37)39)33-31-29-27-25-23-18-16-14-12-10-8-5-2/h38H,4-34H2,1-3H3,(H2,37,39). The molecular weight excluding hydrogens is 476 g/mol. The van der Waals surface area contributed by atoms with E-state index in [4.69, 9.17) is 5.73 Å². The molecule has 0 saturated carbocycles. The number of unbranched alkanes of at least 4 members (excludes halogenated alkanes) is 26. The van der Waals surface area contributed by atoms with Gasteiger partial charge in [-0.2, -0.15) is 0 Å². The maximum atomic E-state index is 12.3. The molecule has 234 valence electrons. The summed E-state index contributed by atoms with van der Waals surface area (Å²) in [4.78, 5) is 12.3. The van der Waals surface area contributed by atoms with Gasteiger partial charge >= 0.3 is 0 Å². The fourth-order valence-corrected chi connectivity index (χ4v) is 6.04. The Morgan fingerprint density at radius 2 is 0.744 bits per heavy atom. The first-order valence-corrected chi connectivity index (χ1v) is 18.2. The molecule has 0 bridgehead atoms. The van der Waals surface area contributed by atoms with E-state index in [1.54, 1.807) is 0 Å². The fraction of sp³-hybridized carbons (Fsp3) is 0.972. The Balaban J connectivity index is 3.65. The number of rotatable bonds is 33. The van der Waals surface area contributed by atoms with E-state index in [2.05, 4.69) is 26.1 Å². The summed E-state index contributed by atoms with van der Waals surface area (Å²) in [5.41, 5.74) is 5.40. The second kappa shape index (κ2) is 30.4. The van der Waals surface area contributed by atoms with Gasteiger partial charge in [0.15, 0.2) is 0 Å². The van der Waals surface area contributed by atoms with Crippen molar-refractivity contribution in [2.45, 2.75) is 219 Å². The van der Waals surface area contributed by atoms with E-state index in [1.165, 1.54) is 167 Å². The van der Waals surface area contributed by atoms with Gasteiger partial charge in [0.25, 0.3) is 0 Å². The second-order valence-electron chi connectivity index (χ2n) is 12.7. The summed E-state index contributed by atoms with van der Waals surface area (Å²) in [6.45, 7) is 7.62. The van der Waals surface area contributed by atoms with Crippen LogP contribution in [0.15, 0.2) is 0 Å². The van der Waals surface area contributed by atoms with E-state index in [-0.39, 0.29) is 5.91 Å². The Labute approximate surface area is 247 Å². The van der Waals surface area contributed by atoms with Gasteiger partial charge in [-0.1, -0.05) is 194 Å². The zero-order chi connectivity index (χ0) is 28.7. The van der Waals surface area contributed by atoms with Crippen LogP contribution in [0.4, 0.5) is 0 Å². The van der Waals surface area contributed by atoms with Crippen LogP contribution in [0, 0.1) is 0 Å². The minimum absolute atomic E-state index is 0.149. The third-order valence-corrected chi connectivity index (χ3v) is 9.03. The van der Waals surface area contributed by atoms with Crippen molar-refractivity contribution in [2.24, 2.45) is 5.73 Å². The Bertz CT molecular complexity index is 494. The molecule has 3 nitrogen and oxygen atoms in total. The summed E-state index contributed by atoms with van der Waals surface area (Å²) < 4.78 is 0. The van der Waals surface area contributed by atoms with Crippen LogP contribution in [-0.4, -0.2) is 18.0 Å². The minimum atomic E-state index is -0.492. The van der Waals surface area contributed by atoms with E-state index in [0.29, 0.717) is 0 Å². The van der Waals surface area contributed by atoms with Crippen LogP contribution in [0.5, 0.6) is 0 Å². The fourth-order valence-electron chi connectivity index (χ4n) is 6.04. The van der Waals surface area contributed by atoms with E-state index < -0.39 is 5.54 Å². The lowest BCUT2D eigenvalue weighted by molar-refractivity contribution is -0.125. The van der Waals surface area contributed by atoms with Gasteiger partial charge in [0.2, 0.25) is 5.91 Å². The molecule has 3 N–H and O–H groups in total. The van der Waals surface area contributed by atoms with Gasteiger partial charge in [0.05, 0.1) is 5.54 Å². The molecular formula is C36H74N2O. The quantitative estimate of drug-likeness (QED) is 0.0798. The first-order chi connectivity index (χ1) is 19.1. The van der Waals surface area contributed by atoms with Crippen molar-refractivity contribution in [1.29, 1.82) is 0 Å². The number of nitrogens with two attached hydrogens (primary N) is 1. The van der Waals surface area contributed by atoms with Crippen LogP contribution in [0.3, 0.4) is 0 Å². The zero-order valence-electron chi connectivity index (χ0n) is 27.4. The smallest absolute Gasteiger partial charge is 0.237 e. The number of nitrogens with one attached hydrogen (secondary N) is 1. The van der Waals surface area contributed by atoms with E-state index >= 15 is 0 Å². The van der Waals surface area contributed by atoms with Crippen LogP contribution in [0.1, 0.15) is 213 Å². The SMILES string of the molecule is CCCCCCCCCCCCCCCCCCNC(CC)(CCCCCCCCCCCCCC)C(N)=O. The Kier molecular flexibility index (Phi) is 29.9. The molecule has 1 amide bonds. The number of amides is 1. The highest BCUT2D eigenvalue weighted by Crippen LogP contribution is 2.21. The Hall–Kier alpha value is -0.570. The lowest BCUT2D eigenvalue weighted by atomic mass is 9.88. The number of hydrogen-bond donors (Lipinski definition) is 2. The van der Waals surface area contributed by atoms with Crippen LogP contribution >= 0.6 is 0 Å². The molecule has 0 fully saturated rings. The van der Waals surface area contributed by atoms with Crippen molar-refractivity contribution >= 4 is 5.91 Å². The van der Waals surface area contributed by atoms with Gasteiger partial charge < -0.3 is 11.1 Å². The molecule has 0 heterocycles. The lowest BCUT2D eigenvalue weighted by Gasteiger charge is -2.31. The van der Waals surface area contributed by atoms with Gasteiger partial charge in [-0.25, -0.2) is 0 Å². The molecule has 0 aromatic rings. The average Bonchev–Trinajstić information content (AvgIpc) is 2.94. The van der Waals surface area contributed by atoms with Crippen molar-refractivity contribution < 1.29 is 4.79 Å². The van der Waals surface area contributed by atoms with Crippen LogP contribution in [0.2, 0.25) is 0 Å². The molecule has 0 rings (SSSR count). The molecule has 0 spiro atoms. The average molecular weight is 551 g/mol. The molecule has 0 aliphatic heterocycles. The van der Waals surface area contributed by atoms with E-state index in [1.807, 2.05) is 0 Å². The summed E-state index contributed by atoms with van der Waals surface area (Å²) in [5.74, 6) is -0.149. The maximum absolute atomic E-state index is 12.3. The van der Waals surface area contributed by atoms with Crippen molar-refractivity contribution in [3.8, 4) is 0 Å². The Morgan fingerprint density at radius 3 is 1.03 bits per heavy atom. The molecule has 0 saturated heterocycles. The summed E-state index contributed by atoms with van der Waals surface area (Å²) in [6.07, 6.45) is 40.1. The lowest BCUT2D eigenvalue weighted by Crippen LogP contribution is -2.55. The summed E-state index contributed by atoms with van der Waals surface area (Å²) in [6, 6.07) is 0. The third-order valence-electron chi connectivity index (χ3n) is 9.03. The normalized spacial score (nSPS) is 13.1. The molecule has 0 aliphatic rings. The van der Waals surface area contributed by atoms with E-state index in [9.17, 15) is 4.79 Å². The molecule has 1 unspecified atom stereocenters. The highest BCUT2D eigenvalue weighted by molar-refractivity contribution is 5.84. The predicted octanol–water partition coefficient (Wildman–Crippen LogP) is 11.6. The van der Waals surface area contributed by atoms with Gasteiger partial charge in [0, 0.05) is 0 Å². The summed E-state index contributed by atoms with van der Waals surface area (Å²) in [7, 11) is 0. The van der Waals surface area contributed by atoms with Crippen LogP contribution in [-0.2, 0) is 4.79 Å². The third kappa shape index (κ3) is 24.9. The number of hydrogen-bond acceptors (Lipinski definition) is 2. The summed E-state index contributed by atoms with van der Waals surface area (Å²) in [5, 5.41) is 3.60. The van der Waals surface area contributed by atoms with Gasteiger partial charge in [-0.3, -0.25) is 4.79 Å². The first-order valence-electron chi connectivity index (χ1n) is 18.2. The first kappa shape index (κ1) is 38.4. The highest BCUT2D eigenvalue weighted by Gasteiger charge is 2.33. The van der Waals surface area contributed by atoms with Crippen LogP contribution in [0.25, 0.3) is 0 Å². The van der Waals surface area contributed by atoms with Gasteiger partial charge in [-0.15, -0.1) is 0 Å². The zero-order valence-corrected chi connectivity index (χ0v) is 27.4. The monoisotopic (exact) mass is 551 g/mol. The number of carbonyl (C=O) groups is 1. The maximum Gasteiger partial charge on any atom is 0.237 e. The van der Waals surface area contributed by atoms with Gasteiger partial charge in [-0.05, 0) is 25.8 Å². The minimum Gasteiger partial charge on any atom is -0.368 e. The van der Waals surface area contributed by atoms with E-state index in [0.717, 1.165) is 32.2 Å². The largest absolute Gasteiger partial charge is 0.368 e. The number of carbonyl (C=O) groups excluding carboxylic acids is 1. The van der Waals surface area contributed by atoms with Crippen molar-refractivity contribution in [2.75, 3.05) is 6.54 Å². The molecule has 0 radical (unpaired) electrons. The summed E-state index contributed by atoms with van der Waals surface area (Å²) >= 11 is 0.